The summed E-state index contributed by atoms with van der Waals surface area (Å²) in [4.78, 5) is 10.5. The van der Waals surface area contributed by atoms with Gasteiger partial charge in [0.15, 0.2) is 0 Å². The molecule has 1 aromatic carbocycles. The van der Waals surface area contributed by atoms with E-state index in [9.17, 15) is 9.18 Å². The van der Waals surface area contributed by atoms with E-state index in [1.807, 2.05) is 0 Å². The van der Waals surface area contributed by atoms with Crippen LogP contribution in [0.4, 0.5) is 4.39 Å². The molecule has 2 N–H and O–H groups in total. The fraction of sp³-hybridized carbons (Fsp3) is 0. The third kappa shape index (κ3) is 1.55. The summed E-state index contributed by atoms with van der Waals surface area (Å²) >= 11 is 0. The highest BCUT2D eigenvalue weighted by atomic mass is 19.1. The summed E-state index contributed by atoms with van der Waals surface area (Å²) in [5.41, 5.74) is 4.99. The van der Waals surface area contributed by atoms with E-state index in [1.165, 1.54) is 12.1 Å². The highest BCUT2D eigenvalue weighted by Crippen LogP contribution is 2.08. The number of carbonyl (C=O) groups is 1. The van der Waals surface area contributed by atoms with Gasteiger partial charge in [0.2, 0.25) is 0 Å². The number of amides is 1. The summed E-state index contributed by atoms with van der Waals surface area (Å²) in [5, 5.41) is 0. The van der Waals surface area contributed by atoms with Gasteiger partial charge < -0.3 is 5.73 Å². The number of nitrogens with two attached hydrogens (primary N) is 1. The molecule has 2 radical (unpaired) electrons. The van der Waals surface area contributed by atoms with Crippen molar-refractivity contribution >= 4 is 5.91 Å². The molecule has 0 bridgehead atoms. The lowest BCUT2D eigenvalue weighted by molar-refractivity contribution is 0.0996. The van der Waals surface area contributed by atoms with Crippen LogP contribution in [0.1, 0.15) is 15.9 Å². The van der Waals surface area contributed by atoms with E-state index in [0.717, 1.165) is 6.07 Å². The van der Waals surface area contributed by atoms with Crippen LogP contribution in [0.3, 0.4) is 0 Å². The number of primary amides is 1. The van der Waals surface area contributed by atoms with Gasteiger partial charge in [0, 0.05) is 0 Å². The third-order valence-electron chi connectivity index (χ3n) is 1.26. The summed E-state index contributed by atoms with van der Waals surface area (Å²) < 4.78 is 12.7. The van der Waals surface area contributed by atoms with Gasteiger partial charge in [-0.1, -0.05) is 6.07 Å². The first-order chi connectivity index (χ1) is 5.11. The highest BCUT2D eigenvalue weighted by molar-refractivity contribution is 5.93. The quantitative estimate of drug-likeness (QED) is 0.638. The normalized spacial score (nSPS) is 9.64. The average molecular weight is 151 g/mol. The first-order valence-electron chi connectivity index (χ1n) is 2.96. The number of rotatable bonds is 1. The predicted molar refractivity (Wildman–Crippen MR) is 38.3 cm³/mol. The Kier molecular flexibility index (Phi) is 1.89. The molecule has 0 heterocycles. The first-order valence-corrected chi connectivity index (χ1v) is 2.96. The molecule has 0 aliphatic carbocycles. The van der Waals surface area contributed by atoms with Gasteiger partial charge in [-0.15, -0.1) is 0 Å². The number of halogens is 1. The molecule has 1 aromatic rings. The molecule has 1 amide bonds. The van der Waals surface area contributed by atoms with Crippen LogP contribution >= 0.6 is 0 Å². The van der Waals surface area contributed by atoms with Crippen LogP contribution in [-0.4, -0.2) is 5.91 Å². The van der Waals surface area contributed by atoms with Crippen LogP contribution in [0, 0.1) is 12.7 Å². The van der Waals surface area contributed by atoms with Crippen LogP contribution in [-0.2, 0) is 0 Å². The lowest BCUT2D eigenvalue weighted by Crippen LogP contribution is -2.13. The smallest absolute Gasteiger partial charge is 0.251 e. The van der Waals surface area contributed by atoms with E-state index in [0.29, 0.717) is 5.56 Å². The topological polar surface area (TPSA) is 43.1 Å². The highest BCUT2D eigenvalue weighted by Gasteiger charge is 2.06. The molecule has 0 aliphatic rings. The van der Waals surface area contributed by atoms with Crippen molar-refractivity contribution < 1.29 is 9.18 Å². The Hall–Kier alpha value is -1.38. The van der Waals surface area contributed by atoms with Gasteiger partial charge in [0.05, 0.1) is 5.56 Å². The van der Waals surface area contributed by atoms with Crippen LogP contribution in [0.5, 0.6) is 0 Å². The second-order valence-corrected chi connectivity index (χ2v) is 2.10. The van der Waals surface area contributed by atoms with Crippen LogP contribution in [0.2, 0.25) is 0 Å². The second kappa shape index (κ2) is 2.70. The number of hydrogen-bond acceptors (Lipinski definition) is 1. The summed E-state index contributed by atoms with van der Waals surface area (Å²) in [5.74, 6) is -1.46. The fourth-order valence-electron chi connectivity index (χ4n) is 0.732. The van der Waals surface area contributed by atoms with E-state index in [4.69, 9.17) is 12.7 Å². The Bertz CT molecular complexity index is 296. The Morgan fingerprint density at radius 2 is 2.18 bits per heavy atom. The van der Waals surface area contributed by atoms with Crippen LogP contribution < -0.4 is 5.73 Å². The third-order valence-corrected chi connectivity index (χ3v) is 1.26. The van der Waals surface area contributed by atoms with E-state index in [1.54, 1.807) is 0 Å². The molecule has 0 unspecified atom stereocenters. The predicted octanol–water partition coefficient (Wildman–Crippen LogP) is 0.984. The van der Waals surface area contributed by atoms with Gasteiger partial charge in [0.1, 0.15) is 5.82 Å². The van der Waals surface area contributed by atoms with E-state index in [-0.39, 0.29) is 5.56 Å². The molecule has 56 valence electrons. The van der Waals surface area contributed by atoms with Gasteiger partial charge >= 0.3 is 0 Å². The number of hydrogen-bond donors (Lipinski definition) is 1. The van der Waals surface area contributed by atoms with Crippen molar-refractivity contribution in [1.29, 1.82) is 0 Å². The molecule has 0 fully saturated rings. The fourth-order valence-corrected chi connectivity index (χ4v) is 0.732. The Morgan fingerprint density at radius 3 is 2.64 bits per heavy atom. The Balaban J connectivity index is 3.23. The summed E-state index contributed by atoms with van der Waals surface area (Å²) in [6.07, 6.45) is 0. The zero-order chi connectivity index (χ0) is 8.43. The van der Waals surface area contributed by atoms with Crippen molar-refractivity contribution in [3.63, 3.8) is 0 Å². The Labute approximate surface area is 63.8 Å². The van der Waals surface area contributed by atoms with E-state index in [2.05, 4.69) is 0 Å². The van der Waals surface area contributed by atoms with Gasteiger partial charge in [0.25, 0.3) is 5.91 Å². The maximum Gasteiger partial charge on any atom is 0.251 e. The van der Waals surface area contributed by atoms with Gasteiger partial charge in [-0.05, 0) is 24.6 Å². The molecule has 0 atom stereocenters. The summed E-state index contributed by atoms with van der Waals surface area (Å²) in [6, 6.07) is 3.68. The van der Waals surface area contributed by atoms with Gasteiger partial charge in [-0.2, -0.15) is 0 Å². The summed E-state index contributed by atoms with van der Waals surface area (Å²) in [6.45, 7) is 5.29. The zero-order valence-electron chi connectivity index (χ0n) is 5.67. The molecule has 0 spiro atoms. The molecule has 2 nitrogen and oxygen atoms in total. The molecule has 0 saturated heterocycles. The molecular weight excluding hydrogens is 145 g/mol. The average Bonchev–Trinajstić information content (AvgIpc) is 1.94. The SMILES string of the molecule is [CH]c1ccc(F)c(C(N)=O)c1. The van der Waals surface area contributed by atoms with Gasteiger partial charge in [-0.3, -0.25) is 4.79 Å². The molecule has 0 saturated carbocycles. The van der Waals surface area contributed by atoms with Gasteiger partial charge in [-0.25, -0.2) is 4.39 Å². The number of carbonyl (C=O) groups excluding carboxylic acids is 1. The Morgan fingerprint density at radius 1 is 1.55 bits per heavy atom. The molecular formula is C8H6FNO. The molecule has 11 heavy (non-hydrogen) atoms. The molecule has 1 rings (SSSR count). The maximum absolute atomic E-state index is 12.7. The lowest BCUT2D eigenvalue weighted by atomic mass is 10.1. The van der Waals surface area contributed by atoms with Crippen molar-refractivity contribution in [3.8, 4) is 0 Å². The largest absolute Gasteiger partial charge is 0.366 e. The van der Waals surface area contributed by atoms with Crippen molar-refractivity contribution in [2.45, 2.75) is 0 Å². The molecule has 3 heteroatoms. The van der Waals surface area contributed by atoms with Crippen molar-refractivity contribution in [2.75, 3.05) is 0 Å². The standard InChI is InChI=1S/C8H6FNO/c1-5-2-3-7(9)6(4-5)8(10)11/h1-4H,(H2,10,11). The minimum Gasteiger partial charge on any atom is -0.366 e. The van der Waals surface area contributed by atoms with Crippen molar-refractivity contribution in [2.24, 2.45) is 5.73 Å². The van der Waals surface area contributed by atoms with Crippen LogP contribution in [0.25, 0.3) is 0 Å². The minimum absolute atomic E-state index is 0.176. The van der Waals surface area contributed by atoms with E-state index >= 15 is 0 Å². The van der Waals surface area contributed by atoms with E-state index < -0.39 is 11.7 Å². The number of benzene rings is 1. The first kappa shape index (κ1) is 7.72. The van der Waals surface area contributed by atoms with Crippen molar-refractivity contribution in [3.05, 3.63) is 42.1 Å². The van der Waals surface area contributed by atoms with Crippen molar-refractivity contribution in [1.82, 2.24) is 0 Å². The monoisotopic (exact) mass is 151 g/mol. The molecule has 0 aromatic heterocycles. The summed E-state index contributed by atoms with van der Waals surface area (Å²) in [7, 11) is 0. The minimum atomic E-state index is -0.810. The molecule has 0 aliphatic heterocycles. The second-order valence-electron chi connectivity index (χ2n) is 2.10. The lowest BCUT2D eigenvalue weighted by Gasteiger charge is -1.97. The maximum atomic E-state index is 12.7. The zero-order valence-corrected chi connectivity index (χ0v) is 5.67. The van der Waals surface area contributed by atoms with Crippen LogP contribution in [0.15, 0.2) is 18.2 Å².